The van der Waals surface area contributed by atoms with E-state index in [4.69, 9.17) is 4.74 Å². The smallest absolute Gasteiger partial charge is 0.251 e. The topological polar surface area (TPSA) is 38.3 Å². The van der Waals surface area contributed by atoms with Gasteiger partial charge in [-0.2, -0.15) is 0 Å². The molecule has 0 atom stereocenters. The highest BCUT2D eigenvalue weighted by atomic mass is 16.5. The monoisotopic (exact) mass is 315 g/mol. The molecule has 1 aromatic rings. The van der Waals surface area contributed by atoms with Crippen molar-refractivity contribution in [3.8, 4) is 5.75 Å². The van der Waals surface area contributed by atoms with Crippen molar-refractivity contribution in [2.45, 2.75) is 52.9 Å². The van der Waals surface area contributed by atoms with Crippen molar-refractivity contribution in [1.82, 2.24) is 0 Å². The van der Waals surface area contributed by atoms with E-state index in [2.05, 4.69) is 32.2 Å². The lowest BCUT2D eigenvalue weighted by atomic mass is 9.80. The summed E-state index contributed by atoms with van der Waals surface area (Å²) in [5, 5.41) is 3.05. The van der Waals surface area contributed by atoms with Crippen molar-refractivity contribution >= 4 is 11.6 Å². The molecule has 0 aliphatic heterocycles. The Morgan fingerprint density at radius 1 is 1.17 bits per heavy atom. The van der Waals surface area contributed by atoms with Crippen LogP contribution in [0.2, 0.25) is 0 Å². The van der Waals surface area contributed by atoms with E-state index in [1.54, 1.807) is 7.11 Å². The number of rotatable bonds is 4. The van der Waals surface area contributed by atoms with Gasteiger partial charge >= 0.3 is 0 Å². The number of hydrogen-bond donors (Lipinski definition) is 1. The molecule has 0 unspecified atom stereocenters. The minimum atomic E-state index is -0.00903. The van der Waals surface area contributed by atoms with E-state index in [0.29, 0.717) is 11.7 Å². The van der Waals surface area contributed by atoms with Gasteiger partial charge < -0.3 is 10.1 Å². The normalized spacial score (nSPS) is 17.0. The van der Waals surface area contributed by atoms with Crippen molar-refractivity contribution in [3.63, 3.8) is 0 Å². The number of para-hydroxylation sites is 2. The number of ether oxygens (including phenoxy) is 1. The molecule has 1 aliphatic carbocycles. The number of hydrogen-bond acceptors (Lipinski definition) is 2. The lowest BCUT2D eigenvalue weighted by Gasteiger charge is -2.26. The number of allylic oxidation sites excluding steroid dienone is 1. The van der Waals surface area contributed by atoms with Crippen LogP contribution < -0.4 is 10.1 Å². The van der Waals surface area contributed by atoms with Gasteiger partial charge in [0.1, 0.15) is 5.75 Å². The number of carbonyl (C=O) groups excluding carboxylic acids is 1. The van der Waals surface area contributed by atoms with Crippen molar-refractivity contribution < 1.29 is 9.53 Å². The van der Waals surface area contributed by atoms with Gasteiger partial charge in [-0.05, 0) is 36.3 Å². The molecule has 0 spiro atoms. The maximum absolute atomic E-state index is 12.9. The molecule has 0 heterocycles. The lowest BCUT2D eigenvalue weighted by Crippen LogP contribution is -2.24. The van der Waals surface area contributed by atoms with Gasteiger partial charge in [0.2, 0.25) is 0 Å². The number of nitrogens with one attached hydrogen (secondary N) is 1. The summed E-state index contributed by atoms with van der Waals surface area (Å²) < 4.78 is 5.34. The summed E-state index contributed by atoms with van der Waals surface area (Å²) in [5.41, 5.74) is 1.66. The van der Waals surface area contributed by atoms with Crippen LogP contribution in [0.3, 0.4) is 0 Å². The third-order valence-electron chi connectivity index (χ3n) is 4.25. The Morgan fingerprint density at radius 2 is 1.83 bits per heavy atom. The Kier molecular flexibility index (Phi) is 5.86. The highest BCUT2D eigenvalue weighted by molar-refractivity contribution is 6.04. The number of anilines is 1. The fourth-order valence-electron chi connectivity index (χ4n) is 3.19. The molecular weight excluding hydrogens is 286 g/mol. The van der Waals surface area contributed by atoms with Crippen molar-refractivity contribution in [2.24, 2.45) is 11.3 Å². The third kappa shape index (κ3) is 5.12. The average molecular weight is 315 g/mol. The molecular formula is C20H29NO2. The molecule has 23 heavy (non-hydrogen) atoms. The van der Waals surface area contributed by atoms with Gasteiger partial charge in [-0.1, -0.05) is 58.2 Å². The highest BCUT2D eigenvalue weighted by Crippen LogP contribution is 2.34. The zero-order valence-corrected chi connectivity index (χ0v) is 14.8. The van der Waals surface area contributed by atoms with E-state index >= 15 is 0 Å². The van der Waals surface area contributed by atoms with Crippen LogP contribution in [0, 0.1) is 11.3 Å². The first-order valence-corrected chi connectivity index (χ1v) is 8.58. The maximum atomic E-state index is 12.9. The summed E-state index contributed by atoms with van der Waals surface area (Å²) in [5.74, 6) is 1.08. The molecule has 1 amide bonds. The van der Waals surface area contributed by atoms with Gasteiger partial charge in [0.25, 0.3) is 5.91 Å². The average Bonchev–Trinajstić information content (AvgIpc) is 2.53. The minimum Gasteiger partial charge on any atom is -0.495 e. The third-order valence-corrected chi connectivity index (χ3v) is 4.25. The van der Waals surface area contributed by atoms with E-state index in [-0.39, 0.29) is 11.3 Å². The quantitative estimate of drug-likeness (QED) is 0.777. The molecule has 0 radical (unpaired) electrons. The molecule has 3 heteroatoms. The summed E-state index contributed by atoms with van der Waals surface area (Å²) in [6, 6.07) is 7.56. The molecule has 1 aliphatic rings. The van der Waals surface area contributed by atoms with Crippen LogP contribution in [0.5, 0.6) is 5.75 Å². The highest BCUT2D eigenvalue weighted by Gasteiger charge is 2.25. The van der Waals surface area contributed by atoms with Crippen LogP contribution in [0.25, 0.3) is 0 Å². The van der Waals surface area contributed by atoms with Crippen LogP contribution in [0.1, 0.15) is 52.9 Å². The number of amides is 1. The predicted octanol–water partition coefficient (Wildman–Crippen LogP) is 5.19. The molecule has 1 fully saturated rings. The molecule has 2 rings (SSSR count). The van der Waals surface area contributed by atoms with Crippen LogP contribution >= 0.6 is 0 Å². The molecule has 0 bridgehead atoms. The summed E-state index contributed by atoms with van der Waals surface area (Å²) in [6.45, 7) is 6.44. The first kappa shape index (κ1) is 17.6. The van der Waals surface area contributed by atoms with E-state index < -0.39 is 0 Å². The number of carbonyl (C=O) groups is 1. The maximum Gasteiger partial charge on any atom is 0.251 e. The van der Waals surface area contributed by atoms with Crippen molar-refractivity contribution in [3.05, 3.63) is 35.9 Å². The first-order valence-electron chi connectivity index (χ1n) is 8.58. The van der Waals surface area contributed by atoms with Crippen LogP contribution in [0.15, 0.2) is 35.9 Å². The lowest BCUT2D eigenvalue weighted by molar-refractivity contribution is -0.113. The summed E-state index contributed by atoms with van der Waals surface area (Å²) >= 11 is 0. The van der Waals surface area contributed by atoms with Gasteiger partial charge in [-0.25, -0.2) is 0 Å². The summed E-state index contributed by atoms with van der Waals surface area (Å²) in [7, 11) is 1.62. The molecule has 0 aromatic heterocycles. The zero-order valence-electron chi connectivity index (χ0n) is 14.8. The van der Waals surface area contributed by atoms with E-state index in [0.717, 1.165) is 24.1 Å². The predicted molar refractivity (Wildman–Crippen MR) is 95.7 cm³/mol. The second-order valence-electron chi connectivity index (χ2n) is 7.46. The van der Waals surface area contributed by atoms with Gasteiger partial charge in [-0.3, -0.25) is 4.79 Å². The standard InChI is InChI=1S/C20H29NO2/c1-20(2,3)14-16(15-10-6-5-7-11-15)19(22)21-17-12-8-9-13-18(17)23-4/h8-9,12-15H,5-7,10-11H2,1-4H3,(H,21,22)/b16-14-. The minimum absolute atomic E-state index is 0.00903. The van der Waals surface area contributed by atoms with Gasteiger partial charge in [0, 0.05) is 5.57 Å². The second-order valence-corrected chi connectivity index (χ2v) is 7.46. The van der Waals surface area contributed by atoms with E-state index in [9.17, 15) is 4.79 Å². The second kappa shape index (κ2) is 7.67. The van der Waals surface area contributed by atoms with Gasteiger partial charge in [-0.15, -0.1) is 0 Å². The summed E-state index contributed by atoms with van der Waals surface area (Å²) in [4.78, 5) is 12.9. The Bertz CT molecular complexity index is 563. The molecule has 1 saturated carbocycles. The number of benzene rings is 1. The van der Waals surface area contributed by atoms with E-state index in [1.165, 1.54) is 19.3 Å². The molecule has 126 valence electrons. The van der Waals surface area contributed by atoms with Crippen LogP contribution in [-0.2, 0) is 4.79 Å². The molecule has 1 aromatic carbocycles. The van der Waals surface area contributed by atoms with Gasteiger partial charge in [0.05, 0.1) is 12.8 Å². The van der Waals surface area contributed by atoms with Crippen molar-refractivity contribution in [2.75, 3.05) is 12.4 Å². The molecule has 0 saturated heterocycles. The zero-order chi connectivity index (χ0) is 16.9. The Labute approximate surface area is 140 Å². The first-order chi connectivity index (χ1) is 10.9. The van der Waals surface area contributed by atoms with Crippen LogP contribution in [0.4, 0.5) is 5.69 Å². The molecule has 1 N–H and O–H groups in total. The SMILES string of the molecule is COc1ccccc1NC(=O)/C(=C\C(C)(C)C)C1CCCCC1. The van der Waals surface area contributed by atoms with Crippen LogP contribution in [-0.4, -0.2) is 13.0 Å². The van der Waals surface area contributed by atoms with E-state index in [1.807, 2.05) is 24.3 Å². The fourth-order valence-corrected chi connectivity index (χ4v) is 3.19. The Hall–Kier alpha value is -1.77. The fraction of sp³-hybridized carbons (Fsp3) is 0.550. The van der Waals surface area contributed by atoms with Gasteiger partial charge in [0.15, 0.2) is 0 Å². The largest absolute Gasteiger partial charge is 0.495 e. The Balaban J connectivity index is 2.24. The molecule has 3 nitrogen and oxygen atoms in total. The van der Waals surface area contributed by atoms with Crippen molar-refractivity contribution in [1.29, 1.82) is 0 Å². The number of methoxy groups -OCH3 is 1. The summed E-state index contributed by atoms with van der Waals surface area (Å²) in [6.07, 6.45) is 8.09. The Morgan fingerprint density at radius 3 is 2.43 bits per heavy atom.